The highest BCUT2D eigenvalue weighted by atomic mass is 16.5. The van der Waals surface area contributed by atoms with Crippen molar-refractivity contribution in [1.82, 2.24) is 4.90 Å². The van der Waals surface area contributed by atoms with Crippen LogP contribution in [0.4, 0.5) is 0 Å². The molecule has 0 aromatic heterocycles. The first-order chi connectivity index (χ1) is 8.19. The van der Waals surface area contributed by atoms with Crippen molar-refractivity contribution < 1.29 is 14.3 Å². The number of piperidine rings is 1. The quantitative estimate of drug-likeness (QED) is 0.701. The fraction of sp³-hybridized carbons (Fsp3) is 0.923. The third-order valence-corrected chi connectivity index (χ3v) is 3.90. The van der Waals surface area contributed by atoms with Crippen molar-refractivity contribution in [3.05, 3.63) is 0 Å². The average Bonchev–Trinajstić information content (AvgIpc) is 2.75. The van der Waals surface area contributed by atoms with Crippen LogP contribution < -0.4 is 0 Å². The van der Waals surface area contributed by atoms with E-state index in [9.17, 15) is 4.79 Å². The Bertz CT molecular complexity index is 261. The molecule has 2 saturated heterocycles. The summed E-state index contributed by atoms with van der Waals surface area (Å²) >= 11 is 0. The number of carbonyl (C=O) groups excluding carboxylic acids is 1. The molecule has 0 amide bonds. The van der Waals surface area contributed by atoms with Crippen LogP contribution in [-0.2, 0) is 14.3 Å². The molecule has 2 unspecified atom stereocenters. The van der Waals surface area contributed by atoms with Gasteiger partial charge in [-0.1, -0.05) is 0 Å². The molecule has 2 heterocycles. The Balaban J connectivity index is 1.70. The summed E-state index contributed by atoms with van der Waals surface area (Å²) in [5.41, 5.74) is 0. The summed E-state index contributed by atoms with van der Waals surface area (Å²) in [7, 11) is 1.47. The summed E-state index contributed by atoms with van der Waals surface area (Å²) in [6.07, 6.45) is 5.04. The Kier molecular flexibility index (Phi) is 4.40. The van der Waals surface area contributed by atoms with Crippen molar-refractivity contribution >= 4 is 5.97 Å². The highest BCUT2D eigenvalue weighted by molar-refractivity contribution is 5.72. The third kappa shape index (κ3) is 3.42. The van der Waals surface area contributed by atoms with Crippen molar-refractivity contribution in [3.8, 4) is 0 Å². The molecule has 0 saturated carbocycles. The van der Waals surface area contributed by atoms with Crippen molar-refractivity contribution in [2.75, 3.05) is 26.7 Å². The minimum Gasteiger partial charge on any atom is -0.469 e. The number of rotatable bonds is 3. The fourth-order valence-corrected chi connectivity index (χ4v) is 2.83. The van der Waals surface area contributed by atoms with Crippen LogP contribution >= 0.6 is 0 Å². The molecule has 0 aliphatic carbocycles. The Morgan fingerprint density at radius 2 is 2.00 bits per heavy atom. The van der Waals surface area contributed by atoms with E-state index in [2.05, 4.69) is 11.8 Å². The number of likely N-dealkylation sites (tertiary alicyclic amines) is 1. The number of esters is 1. The van der Waals surface area contributed by atoms with Crippen LogP contribution in [0.15, 0.2) is 0 Å². The lowest BCUT2D eigenvalue weighted by Crippen LogP contribution is -2.40. The van der Waals surface area contributed by atoms with Gasteiger partial charge in [-0.05, 0) is 45.7 Å². The van der Waals surface area contributed by atoms with Crippen molar-refractivity contribution in [1.29, 1.82) is 0 Å². The van der Waals surface area contributed by atoms with Gasteiger partial charge in [-0.3, -0.25) is 4.79 Å². The summed E-state index contributed by atoms with van der Waals surface area (Å²) in [5.74, 6) is 0.0649. The number of ether oxygens (including phenoxy) is 2. The lowest BCUT2D eigenvalue weighted by atomic mass is 9.97. The molecule has 0 aromatic rings. The van der Waals surface area contributed by atoms with Gasteiger partial charge in [-0.2, -0.15) is 0 Å². The van der Waals surface area contributed by atoms with E-state index >= 15 is 0 Å². The molecule has 2 atom stereocenters. The maximum atomic E-state index is 11.4. The van der Waals surface area contributed by atoms with Crippen molar-refractivity contribution in [3.63, 3.8) is 0 Å². The maximum absolute atomic E-state index is 11.4. The van der Waals surface area contributed by atoms with Crippen LogP contribution in [0.2, 0.25) is 0 Å². The van der Waals surface area contributed by atoms with Crippen LogP contribution in [0.5, 0.6) is 0 Å². The lowest BCUT2D eigenvalue weighted by Gasteiger charge is -2.32. The zero-order valence-corrected chi connectivity index (χ0v) is 10.9. The first-order valence-corrected chi connectivity index (χ1v) is 6.64. The second-order valence-corrected chi connectivity index (χ2v) is 5.24. The number of hydrogen-bond acceptors (Lipinski definition) is 4. The summed E-state index contributed by atoms with van der Waals surface area (Å²) in [4.78, 5) is 13.8. The van der Waals surface area contributed by atoms with E-state index in [0.717, 1.165) is 32.5 Å². The van der Waals surface area contributed by atoms with E-state index in [4.69, 9.17) is 9.47 Å². The molecule has 2 rings (SSSR count). The van der Waals surface area contributed by atoms with Gasteiger partial charge < -0.3 is 14.4 Å². The predicted molar refractivity (Wildman–Crippen MR) is 64.7 cm³/mol. The second-order valence-electron chi connectivity index (χ2n) is 5.24. The predicted octanol–water partition coefficient (Wildman–Crippen LogP) is 1.44. The highest BCUT2D eigenvalue weighted by Gasteiger charge is 2.29. The Morgan fingerprint density at radius 1 is 1.29 bits per heavy atom. The van der Waals surface area contributed by atoms with Gasteiger partial charge in [0.25, 0.3) is 0 Å². The van der Waals surface area contributed by atoms with Crippen LogP contribution in [0.1, 0.15) is 32.6 Å². The smallest absolute Gasteiger partial charge is 0.308 e. The molecule has 0 aromatic carbocycles. The van der Waals surface area contributed by atoms with E-state index in [-0.39, 0.29) is 11.9 Å². The largest absolute Gasteiger partial charge is 0.469 e. The first kappa shape index (κ1) is 12.8. The third-order valence-electron chi connectivity index (χ3n) is 3.90. The number of methoxy groups -OCH3 is 1. The Morgan fingerprint density at radius 3 is 2.53 bits per heavy atom. The van der Waals surface area contributed by atoms with E-state index in [1.54, 1.807) is 0 Å². The standard InChI is InChI=1S/C13H23NO3/c1-10-3-4-12(17-10)9-14-7-5-11(6-8-14)13(15)16-2/h10-12H,3-9H2,1-2H3. The number of hydrogen-bond donors (Lipinski definition) is 0. The molecule has 17 heavy (non-hydrogen) atoms. The molecule has 2 aliphatic heterocycles. The fourth-order valence-electron chi connectivity index (χ4n) is 2.83. The molecule has 0 radical (unpaired) electrons. The molecule has 98 valence electrons. The van der Waals surface area contributed by atoms with Gasteiger partial charge >= 0.3 is 5.97 Å². The van der Waals surface area contributed by atoms with E-state index < -0.39 is 0 Å². The molecular formula is C13H23NO3. The normalized spacial score (nSPS) is 31.6. The first-order valence-electron chi connectivity index (χ1n) is 6.64. The van der Waals surface area contributed by atoms with Gasteiger partial charge in [0.15, 0.2) is 0 Å². The van der Waals surface area contributed by atoms with E-state index in [1.165, 1.54) is 20.0 Å². The molecule has 4 heteroatoms. The lowest BCUT2D eigenvalue weighted by molar-refractivity contribution is -0.147. The van der Waals surface area contributed by atoms with Crippen LogP contribution in [0.25, 0.3) is 0 Å². The minimum absolute atomic E-state index is 0.0459. The Hall–Kier alpha value is -0.610. The molecular weight excluding hydrogens is 218 g/mol. The second kappa shape index (κ2) is 5.83. The van der Waals surface area contributed by atoms with Crippen LogP contribution in [0.3, 0.4) is 0 Å². The topological polar surface area (TPSA) is 38.8 Å². The monoisotopic (exact) mass is 241 g/mol. The zero-order valence-electron chi connectivity index (χ0n) is 10.9. The molecule has 0 bridgehead atoms. The minimum atomic E-state index is -0.0459. The van der Waals surface area contributed by atoms with E-state index in [0.29, 0.717) is 12.2 Å². The van der Waals surface area contributed by atoms with Gasteiger partial charge in [0.2, 0.25) is 0 Å². The van der Waals surface area contributed by atoms with Crippen LogP contribution in [0, 0.1) is 5.92 Å². The van der Waals surface area contributed by atoms with E-state index in [1.807, 2.05) is 0 Å². The van der Waals surface area contributed by atoms with Gasteiger partial charge in [-0.25, -0.2) is 0 Å². The number of nitrogens with zero attached hydrogens (tertiary/aromatic N) is 1. The SMILES string of the molecule is COC(=O)C1CCN(CC2CCC(C)O2)CC1. The molecule has 2 aliphatic rings. The summed E-state index contributed by atoms with van der Waals surface area (Å²) in [6.45, 7) is 5.16. The Labute approximate surface area is 103 Å². The summed E-state index contributed by atoms with van der Waals surface area (Å²) < 4.78 is 10.6. The molecule has 4 nitrogen and oxygen atoms in total. The van der Waals surface area contributed by atoms with Gasteiger partial charge in [0, 0.05) is 6.54 Å². The average molecular weight is 241 g/mol. The van der Waals surface area contributed by atoms with Crippen molar-refractivity contribution in [2.45, 2.75) is 44.8 Å². The summed E-state index contributed by atoms with van der Waals surface area (Å²) in [6, 6.07) is 0. The molecule has 0 N–H and O–H groups in total. The molecule has 0 spiro atoms. The van der Waals surface area contributed by atoms with Crippen molar-refractivity contribution in [2.24, 2.45) is 5.92 Å². The van der Waals surface area contributed by atoms with Gasteiger partial charge in [0.1, 0.15) is 0 Å². The van der Waals surface area contributed by atoms with Gasteiger partial charge in [0.05, 0.1) is 25.2 Å². The zero-order chi connectivity index (χ0) is 12.3. The maximum Gasteiger partial charge on any atom is 0.308 e. The molecule has 2 fully saturated rings. The van der Waals surface area contributed by atoms with Crippen LogP contribution in [-0.4, -0.2) is 49.8 Å². The summed E-state index contributed by atoms with van der Waals surface area (Å²) in [5, 5.41) is 0. The highest BCUT2D eigenvalue weighted by Crippen LogP contribution is 2.23. The van der Waals surface area contributed by atoms with Gasteiger partial charge in [-0.15, -0.1) is 0 Å². The number of carbonyl (C=O) groups is 1.